The number of nitrogens with zero attached hydrogens (tertiary/aromatic N) is 2. The summed E-state index contributed by atoms with van der Waals surface area (Å²) >= 11 is 1.47. The smallest absolute Gasteiger partial charge is 0.322 e. The van der Waals surface area contributed by atoms with Gasteiger partial charge in [0.15, 0.2) is 0 Å². The summed E-state index contributed by atoms with van der Waals surface area (Å²) in [7, 11) is -3.82. The first-order valence-corrected chi connectivity index (χ1v) is 10.0. The highest BCUT2D eigenvalue weighted by Gasteiger charge is 2.39. The molecule has 1 saturated heterocycles. The van der Waals surface area contributed by atoms with E-state index >= 15 is 0 Å². The molecule has 0 unspecified atom stereocenters. The van der Waals surface area contributed by atoms with Crippen LogP contribution in [0.1, 0.15) is 38.6 Å². The molecule has 0 bridgehead atoms. The Morgan fingerprint density at radius 2 is 2.08 bits per heavy atom. The summed E-state index contributed by atoms with van der Waals surface area (Å²) in [6.07, 6.45) is 0.915. The van der Waals surface area contributed by atoms with Crippen molar-refractivity contribution in [2.75, 3.05) is 6.54 Å². The number of benzene rings is 1. The highest BCUT2D eigenvalue weighted by atomic mass is 32.2. The van der Waals surface area contributed by atoms with Crippen LogP contribution in [0.5, 0.6) is 0 Å². The molecule has 0 aliphatic carbocycles. The molecule has 24 heavy (non-hydrogen) atoms. The zero-order chi connectivity index (χ0) is 17.7. The Labute approximate surface area is 145 Å². The molecular formula is C16H20N2O4S2. The summed E-state index contributed by atoms with van der Waals surface area (Å²) < 4.78 is 27.6. The van der Waals surface area contributed by atoms with E-state index in [2.05, 4.69) is 25.8 Å². The number of carboxylic acid groups (broad SMARTS) is 1. The monoisotopic (exact) mass is 368 g/mol. The maximum atomic E-state index is 12.8. The maximum Gasteiger partial charge on any atom is 0.322 e. The summed E-state index contributed by atoms with van der Waals surface area (Å²) in [5, 5.41) is 10.2. The van der Waals surface area contributed by atoms with Gasteiger partial charge in [-0.2, -0.15) is 4.31 Å². The van der Waals surface area contributed by atoms with Crippen LogP contribution in [0.15, 0.2) is 23.1 Å². The molecule has 8 heteroatoms. The molecule has 1 fully saturated rings. The number of hydrogen-bond acceptors (Lipinski definition) is 5. The molecule has 1 aromatic carbocycles. The molecule has 3 rings (SSSR count). The van der Waals surface area contributed by atoms with Crippen LogP contribution < -0.4 is 0 Å². The molecule has 1 aromatic heterocycles. The maximum absolute atomic E-state index is 12.8. The standard InChI is InChI=1S/C16H20N2O4S2/c1-16(2,3)15-17-11-7-6-10(9-13(11)23-15)24(21,22)18-8-4-5-12(18)14(19)20/h6-7,9,12H,4-5,8H2,1-3H3,(H,19,20)/t12-/m1/s1. The molecule has 0 radical (unpaired) electrons. The van der Waals surface area contributed by atoms with Crippen molar-refractivity contribution in [3.05, 3.63) is 23.2 Å². The Hall–Kier alpha value is -1.51. The number of sulfonamides is 1. The Morgan fingerprint density at radius 1 is 1.38 bits per heavy atom. The lowest BCUT2D eigenvalue weighted by molar-refractivity contribution is -0.140. The van der Waals surface area contributed by atoms with Crippen LogP contribution >= 0.6 is 11.3 Å². The molecule has 0 amide bonds. The predicted molar refractivity (Wildman–Crippen MR) is 92.9 cm³/mol. The van der Waals surface area contributed by atoms with E-state index in [-0.39, 0.29) is 16.9 Å². The van der Waals surface area contributed by atoms with Crippen molar-refractivity contribution < 1.29 is 18.3 Å². The van der Waals surface area contributed by atoms with E-state index in [1.165, 1.54) is 17.4 Å². The van der Waals surface area contributed by atoms with Crippen molar-refractivity contribution in [1.29, 1.82) is 0 Å². The number of carboxylic acids is 1. The van der Waals surface area contributed by atoms with Crippen molar-refractivity contribution in [3.8, 4) is 0 Å². The summed E-state index contributed by atoms with van der Waals surface area (Å²) in [6.45, 7) is 6.42. The summed E-state index contributed by atoms with van der Waals surface area (Å²) in [5.41, 5.74) is 0.659. The highest BCUT2D eigenvalue weighted by Crippen LogP contribution is 2.34. The molecule has 130 valence electrons. The van der Waals surface area contributed by atoms with Crippen LogP contribution in [-0.4, -0.2) is 41.4 Å². The molecule has 1 atom stereocenters. The molecule has 6 nitrogen and oxygen atoms in total. The number of thiazole rings is 1. The third-order valence-corrected chi connectivity index (χ3v) is 7.44. The summed E-state index contributed by atoms with van der Waals surface area (Å²) in [4.78, 5) is 16.0. The van der Waals surface area contributed by atoms with E-state index in [1.807, 2.05) is 0 Å². The van der Waals surface area contributed by atoms with Crippen molar-refractivity contribution in [3.63, 3.8) is 0 Å². The van der Waals surface area contributed by atoms with Crippen LogP contribution in [0, 0.1) is 0 Å². The molecule has 1 N–H and O–H groups in total. The Kier molecular flexibility index (Phi) is 4.17. The van der Waals surface area contributed by atoms with Crippen LogP contribution in [0.2, 0.25) is 0 Å². The van der Waals surface area contributed by atoms with Crippen molar-refractivity contribution in [1.82, 2.24) is 9.29 Å². The van der Waals surface area contributed by atoms with E-state index in [0.717, 1.165) is 19.5 Å². The van der Waals surface area contributed by atoms with Crippen molar-refractivity contribution in [2.24, 2.45) is 0 Å². The summed E-state index contributed by atoms with van der Waals surface area (Å²) in [5.74, 6) is -1.09. The number of rotatable bonds is 3. The van der Waals surface area contributed by atoms with Gasteiger partial charge in [0.1, 0.15) is 6.04 Å². The Balaban J connectivity index is 2.03. The van der Waals surface area contributed by atoms with Gasteiger partial charge in [0.25, 0.3) is 0 Å². The fourth-order valence-electron chi connectivity index (χ4n) is 2.80. The second-order valence-corrected chi connectivity index (χ2v) is 9.93. The largest absolute Gasteiger partial charge is 0.480 e. The molecule has 2 heterocycles. The first kappa shape index (κ1) is 17.3. The van der Waals surface area contributed by atoms with Crippen LogP contribution in [-0.2, 0) is 20.2 Å². The first-order chi connectivity index (χ1) is 11.1. The van der Waals surface area contributed by atoms with Gasteiger partial charge in [0.05, 0.1) is 20.1 Å². The van der Waals surface area contributed by atoms with Crippen molar-refractivity contribution >= 4 is 37.5 Å². The lowest BCUT2D eigenvalue weighted by Crippen LogP contribution is -2.40. The van der Waals surface area contributed by atoms with Crippen LogP contribution in [0.4, 0.5) is 0 Å². The number of aliphatic carboxylic acids is 1. The topological polar surface area (TPSA) is 87.6 Å². The molecule has 2 aromatic rings. The molecule has 1 aliphatic heterocycles. The highest BCUT2D eigenvalue weighted by molar-refractivity contribution is 7.89. The number of fused-ring (bicyclic) bond motifs is 1. The quantitative estimate of drug-likeness (QED) is 0.900. The molecule has 0 spiro atoms. The van der Waals surface area contributed by atoms with Gasteiger partial charge in [0.2, 0.25) is 10.0 Å². The number of aromatic nitrogens is 1. The lowest BCUT2D eigenvalue weighted by atomic mass is 9.98. The van der Waals surface area contributed by atoms with E-state index in [0.29, 0.717) is 12.8 Å². The van der Waals surface area contributed by atoms with Gasteiger partial charge in [-0.3, -0.25) is 4.79 Å². The second-order valence-electron chi connectivity index (χ2n) is 7.01. The SMILES string of the molecule is CC(C)(C)c1nc2ccc(S(=O)(=O)N3CCC[C@@H]3C(=O)O)cc2s1. The Bertz CT molecular complexity index is 896. The average molecular weight is 368 g/mol. The van der Waals surface area contributed by atoms with Gasteiger partial charge in [-0.05, 0) is 31.0 Å². The zero-order valence-corrected chi connectivity index (χ0v) is 15.4. The summed E-state index contributed by atoms with van der Waals surface area (Å²) in [6, 6.07) is 3.84. The Morgan fingerprint density at radius 3 is 2.71 bits per heavy atom. The van der Waals surface area contributed by atoms with Gasteiger partial charge in [-0.1, -0.05) is 20.8 Å². The van der Waals surface area contributed by atoms with E-state index < -0.39 is 22.0 Å². The van der Waals surface area contributed by atoms with E-state index in [4.69, 9.17) is 0 Å². The van der Waals surface area contributed by atoms with Gasteiger partial charge < -0.3 is 5.11 Å². The van der Waals surface area contributed by atoms with E-state index in [9.17, 15) is 18.3 Å². The first-order valence-electron chi connectivity index (χ1n) is 7.76. The molecule has 1 aliphatic rings. The normalized spacial score (nSPS) is 19.9. The molecular weight excluding hydrogens is 348 g/mol. The fourth-order valence-corrected chi connectivity index (χ4v) is 5.61. The van der Waals surface area contributed by atoms with Gasteiger partial charge in [-0.15, -0.1) is 11.3 Å². The predicted octanol–water partition coefficient (Wildman–Crippen LogP) is 2.83. The van der Waals surface area contributed by atoms with E-state index in [1.54, 1.807) is 12.1 Å². The van der Waals surface area contributed by atoms with Crippen LogP contribution in [0.25, 0.3) is 10.2 Å². The lowest BCUT2D eigenvalue weighted by Gasteiger charge is -2.20. The minimum absolute atomic E-state index is 0.105. The number of hydrogen-bond donors (Lipinski definition) is 1. The molecule has 0 saturated carbocycles. The average Bonchev–Trinajstić information content (AvgIpc) is 3.12. The zero-order valence-electron chi connectivity index (χ0n) is 13.8. The van der Waals surface area contributed by atoms with Gasteiger partial charge in [-0.25, -0.2) is 13.4 Å². The van der Waals surface area contributed by atoms with Gasteiger partial charge >= 0.3 is 5.97 Å². The minimum Gasteiger partial charge on any atom is -0.480 e. The van der Waals surface area contributed by atoms with Gasteiger partial charge in [0, 0.05) is 12.0 Å². The third kappa shape index (κ3) is 2.94. The number of carbonyl (C=O) groups is 1. The minimum atomic E-state index is -3.82. The third-order valence-electron chi connectivity index (χ3n) is 4.10. The second kappa shape index (κ2) is 5.79. The fraction of sp³-hybridized carbons (Fsp3) is 0.500. The van der Waals surface area contributed by atoms with Crippen LogP contribution in [0.3, 0.4) is 0 Å². The van der Waals surface area contributed by atoms with Crippen molar-refractivity contribution in [2.45, 2.75) is 50.0 Å².